The maximum absolute atomic E-state index is 13.4. The van der Waals surface area contributed by atoms with Crippen LogP contribution in [0.3, 0.4) is 0 Å². The van der Waals surface area contributed by atoms with Crippen molar-refractivity contribution in [3.05, 3.63) is 59.4 Å². The standard InChI is InChI=1S/C22H28N4O/c1-6-25(14-17-10-8-7-9-11-17)22(27)18-12-20(15(2)3)24-21-19(18)13-23-26(21)16(4)5/h7-13,15-16H,6,14H2,1-5H3. The summed E-state index contributed by atoms with van der Waals surface area (Å²) in [5, 5.41) is 5.31. The van der Waals surface area contributed by atoms with E-state index in [9.17, 15) is 4.79 Å². The summed E-state index contributed by atoms with van der Waals surface area (Å²) in [7, 11) is 0. The van der Waals surface area contributed by atoms with Gasteiger partial charge in [0.15, 0.2) is 5.65 Å². The first-order chi connectivity index (χ1) is 12.9. The number of pyridine rings is 1. The molecular formula is C22H28N4O. The van der Waals surface area contributed by atoms with Crippen LogP contribution < -0.4 is 0 Å². The Morgan fingerprint density at radius 2 is 1.85 bits per heavy atom. The molecule has 0 N–H and O–H groups in total. The molecule has 0 bridgehead atoms. The van der Waals surface area contributed by atoms with Crippen LogP contribution in [0.4, 0.5) is 0 Å². The number of hydrogen-bond acceptors (Lipinski definition) is 3. The second-order valence-electron chi connectivity index (χ2n) is 7.47. The van der Waals surface area contributed by atoms with Gasteiger partial charge in [-0.2, -0.15) is 5.10 Å². The summed E-state index contributed by atoms with van der Waals surface area (Å²) in [6, 6.07) is 12.2. The van der Waals surface area contributed by atoms with Crippen LogP contribution in [-0.4, -0.2) is 32.1 Å². The number of carbonyl (C=O) groups excluding carboxylic acids is 1. The van der Waals surface area contributed by atoms with Crippen molar-refractivity contribution in [2.45, 2.75) is 53.1 Å². The first kappa shape index (κ1) is 19.1. The van der Waals surface area contributed by atoms with E-state index in [0.717, 1.165) is 22.3 Å². The normalized spacial score (nSPS) is 11.5. The molecule has 0 aliphatic rings. The number of carbonyl (C=O) groups is 1. The molecular weight excluding hydrogens is 336 g/mol. The molecule has 5 heteroatoms. The number of aromatic nitrogens is 3. The Balaban J connectivity index is 2.06. The van der Waals surface area contributed by atoms with E-state index in [0.29, 0.717) is 18.7 Å². The van der Waals surface area contributed by atoms with Gasteiger partial charge in [-0.1, -0.05) is 44.2 Å². The molecule has 0 saturated heterocycles. The van der Waals surface area contributed by atoms with E-state index in [-0.39, 0.29) is 17.9 Å². The molecule has 3 aromatic rings. The minimum atomic E-state index is 0.0268. The Bertz CT molecular complexity index is 928. The molecule has 2 aromatic heterocycles. The highest BCUT2D eigenvalue weighted by Crippen LogP contribution is 2.25. The monoisotopic (exact) mass is 364 g/mol. The van der Waals surface area contributed by atoms with Crippen LogP contribution in [-0.2, 0) is 6.54 Å². The number of hydrogen-bond donors (Lipinski definition) is 0. The minimum absolute atomic E-state index is 0.0268. The number of fused-ring (bicyclic) bond motifs is 1. The van der Waals surface area contributed by atoms with Crippen LogP contribution in [0.25, 0.3) is 11.0 Å². The number of benzene rings is 1. The predicted octanol–water partition coefficient (Wildman–Crippen LogP) is 4.80. The van der Waals surface area contributed by atoms with E-state index in [4.69, 9.17) is 4.98 Å². The summed E-state index contributed by atoms with van der Waals surface area (Å²) in [6.07, 6.45) is 1.77. The van der Waals surface area contributed by atoms with E-state index in [1.54, 1.807) is 6.20 Å². The van der Waals surface area contributed by atoms with Crippen LogP contribution in [0.5, 0.6) is 0 Å². The van der Waals surface area contributed by atoms with Crippen molar-refractivity contribution >= 4 is 16.9 Å². The highest BCUT2D eigenvalue weighted by Gasteiger charge is 2.22. The highest BCUT2D eigenvalue weighted by molar-refractivity contribution is 6.05. The van der Waals surface area contributed by atoms with Gasteiger partial charge in [-0.05, 0) is 38.3 Å². The van der Waals surface area contributed by atoms with Crippen molar-refractivity contribution in [2.75, 3.05) is 6.54 Å². The molecule has 2 heterocycles. The lowest BCUT2D eigenvalue weighted by molar-refractivity contribution is 0.0754. The molecule has 0 aliphatic heterocycles. The highest BCUT2D eigenvalue weighted by atomic mass is 16.2. The van der Waals surface area contributed by atoms with Crippen LogP contribution >= 0.6 is 0 Å². The maximum Gasteiger partial charge on any atom is 0.255 e. The van der Waals surface area contributed by atoms with Crippen LogP contribution in [0.2, 0.25) is 0 Å². The zero-order valence-corrected chi connectivity index (χ0v) is 16.8. The fourth-order valence-electron chi connectivity index (χ4n) is 3.19. The summed E-state index contributed by atoms with van der Waals surface area (Å²) in [6.45, 7) is 11.6. The van der Waals surface area contributed by atoms with Crippen molar-refractivity contribution in [3.63, 3.8) is 0 Å². The lowest BCUT2D eigenvalue weighted by Crippen LogP contribution is -2.30. The molecule has 0 atom stereocenters. The van der Waals surface area contributed by atoms with Gasteiger partial charge in [-0.3, -0.25) is 4.79 Å². The van der Waals surface area contributed by atoms with Gasteiger partial charge in [0.05, 0.1) is 17.1 Å². The molecule has 0 fully saturated rings. The molecule has 0 radical (unpaired) electrons. The number of rotatable bonds is 6. The molecule has 0 unspecified atom stereocenters. The molecule has 0 spiro atoms. The van der Waals surface area contributed by atoms with Gasteiger partial charge in [-0.15, -0.1) is 0 Å². The molecule has 0 saturated carbocycles. The Morgan fingerprint density at radius 1 is 1.15 bits per heavy atom. The largest absolute Gasteiger partial charge is 0.335 e. The second-order valence-corrected chi connectivity index (χ2v) is 7.47. The Labute approximate surface area is 161 Å². The number of nitrogens with zero attached hydrogens (tertiary/aromatic N) is 4. The smallest absolute Gasteiger partial charge is 0.255 e. The Kier molecular flexibility index (Phi) is 5.59. The SMILES string of the molecule is CCN(Cc1ccccc1)C(=O)c1cc(C(C)C)nc2c1cnn2C(C)C. The lowest BCUT2D eigenvalue weighted by Gasteiger charge is -2.22. The fraction of sp³-hybridized carbons (Fsp3) is 0.409. The minimum Gasteiger partial charge on any atom is -0.335 e. The summed E-state index contributed by atoms with van der Waals surface area (Å²) >= 11 is 0. The average Bonchev–Trinajstić information content (AvgIpc) is 3.09. The summed E-state index contributed by atoms with van der Waals surface area (Å²) in [4.78, 5) is 20.1. The van der Waals surface area contributed by atoms with Crippen LogP contribution in [0.1, 0.15) is 68.2 Å². The summed E-state index contributed by atoms with van der Waals surface area (Å²) in [5.74, 6) is 0.264. The number of amides is 1. The van der Waals surface area contributed by atoms with Crippen LogP contribution in [0.15, 0.2) is 42.6 Å². The lowest BCUT2D eigenvalue weighted by atomic mass is 10.0. The van der Waals surface area contributed by atoms with E-state index in [1.165, 1.54) is 0 Å². The molecule has 5 nitrogen and oxygen atoms in total. The Hall–Kier alpha value is -2.69. The van der Waals surface area contributed by atoms with E-state index in [1.807, 2.05) is 40.8 Å². The van der Waals surface area contributed by atoms with Crippen molar-refractivity contribution in [1.82, 2.24) is 19.7 Å². The van der Waals surface area contributed by atoms with E-state index >= 15 is 0 Å². The van der Waals surface area contributed by atoms with Gasteiger partial charge < -0.3 is 4.90 Å². The van der Waals surface area contributed by atoms with E-state index in [2.05, 4.69) is 44.9 Å². The third-order valence-corrected chi connectivity index (χ3v) is 4.78. The van der Waals surface area contributed by atoms with Crippen molar-refractivity contribution < 1.29 is 4.79 Å². The van der Waals surface area contributed by atoms with Gasteiger partial charge in [-0.25, -0.2) is 9.67 Å². The third kappa shape index (κ3) is 3.87. The summed E-state index contributed by atoms with van der Waals surface area (Å²) < 4.78 is 1.89. The molecule has 1 aromatic carbocycles. The third-order valence-electron chi connectivity index (χ3n) is 4.78. The zero-order valence-electron chi connectivity index (χ0n) is 16.8. The van der Waals surface area contributed by atoms with Crippen LogP contribution in [0, 0.1) is 0 Å². The molecule has 27 heavy (non-hydrogen) atoms. The van der Waals surface area contributed by atoms with Gasteiger partial charge in [0.25, 0.3) is 5.91 Å². The average molecular weight is 364 g/mol. The predicted molar refractivity (Wildman–Crippen MR) is 109 cm³/mol. The molecule has 142 valence electrons. The van der Waals surface area contributed by atoms with Gasteiger partial charge in [0, 0.05) is 24.8 Å². The van der Waals surface area contributed by atoms with Crippen molar-refractivity contribution in [3.8, 4) is 0 Å². The Morgan fingerprint density at radius 3 is 2.44 bits per heavy atom. The molecule has 1 amide bonds. The zero-order chi connectivity index (χ0) is 19.6. The van der Waals surface area contributed by atoms with Crippen molar-refractivity contribution in [1.29, 1.82) is 0 Å². The first-order valence-corrected chi connectivity index (χ1v) is 9.63. The second kappa shape index (κ2) is 7.91. The quantitative estimate of drug-likeness (QED) is 0.631. The van der Waals surface area contributed by atoms with Gasteiger partial charge in [0.2, 0.25) is 0 Å². The first-order valence-electron chi connectivity index (χ1n) is 9.63. The van der Waals surface area contributed by atoms with Crippen molar-refractivity contribution in [2.24, 2.45) is 0 Å². The van der Waals surface area contributed by atoms with Gasteiger partial charge in [0.1, 0.15) is 0 Å². The topological polar surface area (TPSA) is 51.0 Å². The molecule has 3 rings (SSSR count). The maximum atomic E-state index is 13.4. The molecule has 0 aliphatic carbocycles. The summed E-state index contributed by atoms with van der Waals surface area (Å²) in [5.41, 5.74) is 3.52. The van der Waals surface area contributed by atoms with Gasteiger partial charge >= 0.3 is 0 Å². The van der Waals surface area contributed by atoms with E-state index < -0.39 is 0 Å². The fourth-order valence-corrected chi connectivity index (χ4v) is 3.19.